The van der Waals surface area contributed by atoms with Gasteiger partial charge in [-0.1, -0.05) is 6.92 Å². The Kier molecular flexibility index (Phi) is 4.74. The fourth-order valence-electron chi connectivity index (χ4n) is 2.36. The molecule has 5 nitrogen and oxygen atoms in total. The van der Waals surface area contributed by atoms with Crippen LogP contribution >= 0.6 is 0 Å². The summed E-state index contributed by atoms with van der Waals surface area (Å²) in [5, 5.41) is 6.23. The number of carbonyl (C=O) groups excluding carboxylic acids is 1. The zero-order valence-corrected chi connectivity index (χ0v) is 11.3. The molecule has 0 unspecified atom stereocenters. The predicted molar refractivity (Wildman–Crippen MR) is 74.4 cm³/mol. The molecule has 1 aromatic rings. The molecule has 1 aromatic heterocycles. The molecular formula is C14H21N3O2. The Bertz CT molecular complexity index is 490. The fraction of sp³-hybridized carbons (Fsp3) is 0.571. The summed E-state index contributed by atoms with van der Waals surface area (Å²) >= 11 is 0. The summed E-state index contributed by atoms with van der Waals surface area (Å²) < 4.78 is 0. The standard InChI is InChI=1S/C14H21N3O2/c1-2-12-6-11(7-13(18)17-12)14(19)16-9-10-4-3-5-15-8-10/h6-7,10,15H,2-5,8-9H2,1H3,(H,16,19)(H,17,18)/t10-/m1/s1. The third-order valence-electron chi connectivity index (χ3n) is 3.49. The van der Waals surface area contributed by atoms with Gasteiger partial charge in [-0.15, -0.1) is 0 Å². The number of H-pyrrole nitrogens is 1. The molecule has 19 heavy (non-hydrogen) atoms. The lowest BCUT2D eigenvalue weighted by Gasteiger charge is -2.22. The van der Waals surface area contributed by atoms with E-state index in [0.29, 0.717) is 24.4 Å². The molecule has 0 bridgehead atoms. The SMILES string of the molecule is CCc1cc(C(=O)NC[C@@H]2CCCNC2)cc(=O)[nH]1. The highest BCUT2D eigenvalue weighted by molar-refractivity contribution is 5.94. The summed E-state index contributed by atoms with van der Waals surface area (Å²) in [6.45, 7) is 4.63. The first-order valence-corrected chi connectivity index (χ1v) is 6.91. The van der Waals surface area contributed by atoms with Crippen LogP contribution in [-0.4, -0.2) is 30.5 Å². The molecule has 3 N–H and O–H groups in total. The van der Waals surface area contributed by atoms with Gasteiger partial charge in [-0.3, -0.25) is 9.59 Å². The Balaban J connectivity index is 1.95. The lowest BCUT2D eigenvalue weighted by molar-refractivity contribution is 0.0944. The number of pyridine rings is 1. The number of aromatic nitrogens is 1. The van der Waals surface area contributed by atoms with Crippen molar-refractivity contribution < 1.29 is 4.79 Å². The summed E-state index contributed by atoms with van der Waals surface area (Å²) in [6.07, 6.45) is 3.01. The Morgan fingerprint density at radius 1 is 1.47 bits per heavy atom. The maximum atomic E-state index is 12.0. The zero-order chi connectivity index (χ0) is 13.7. The lowest BCUT2D eigenvalue weighted by atomic mass is 9.99. The van der Waals surface area contributed by atoms with Gasteiger partial charge in [0, 0.05) is 23.9 Å². The second-order valence-electron chi connectivity index (χ2n) is 5.03. The van der Waals surface area contributed by atoms with Crippen LogP contribution in [0.15, 0.2) is 16.9 Å². The number of carbonyl (C=O) groups is 1. The lowest BCUT2D eigenvalue weighted by Crippen LogP contribution is -2.38. The van der Waals surface area contributed by atoms with Gasteiger partial charge in [0.1, 0.15) is 0 Å². The van der Waals surface area contributed by atoms with E-state index in [-0.39, 0.29) is 11.5 Å². The van der Waals surface area contributed by atoms with Gasteiger partial charge in [0.25, 0.3) is 5.91 Å². The average molecular weight is 263 g/mol. The van der Waals surface area contributed by atoms with Crippen molar-refractivity contribution in [2.24, 2.45) is 5.92 Å². The molecular weight excluding hydrogens is 242 g/mol. The van der Waals surface area contributed by atoms with Crippen molar-refractivity contribution >= 4 is 5.91 Å². The van der Waals surface area contributed by atoms with Gasteiger partial charge in [0.05, 0.1) is 0 Å². The van der Waals surface area contributed by atoms with Crippen molar-refractivity contribution in [1.82, 2.24) is 15.6 Å². The van der Waals surface area contributed by atoms with E-state index < -0.39 is 0 Å². The predicted octanol–water partition coefficient (Wildman–Crippen LogP) is 0.667. The van der Waals surface area contributed by atoms with Crippen molar-refractivity contribution in [3.05, 3.63) is 33.7 Å². The maximum absolute atomic E-state index is 12.0. The van der Waals surface area contributed by atoms with Crippen LogP contribution in [0.3, 0.4) is 0 Å². The smallest absolute Gasteiger partial charge is 0.251 e. The molecule has 1 aliphatic rings. The van der Waals surface area contributed by atoms with Crippen LogP contribution < -0.4 is 16.2 Å². The Morgan fingerprint density at radius 2 is 2.32 bits per heavy atom. The summed E-state index contributed by atoms with van der Waals surface area (Å²) in [4.78, 5) is 26.2. The maximum Gasteiger partial charge on any atom is 0.251 e. The van der Waals surface area contributed by atoms with Crippen LogP contribution in [0.25, 0.3) is 0 Å². The number of aryl methyl sites for hydroxylation is 1. The molecule has 0 aliphatic carbocycles. The first-order chi connectivity index (χ1) is 9.19. The van der Waals surface area contributed by atoms with Crippen LogP contribution in [0.4, 0.5) is 0 Å². The van der Waals surface area contributed by atoms with E-state index >= 15 is 0 Å². The monoisotopic (exact) mass is 263 g/mol. The van der Waals surface area contributed by atoms with Crippen LogP contribution in [0, 0.1) is 5.92 Å². The molecule has 104 valence electrons. The highest BCUT2D eigenvalue weighted by Gasteiger charge is 2.15. The molecule has 5 heteroatoms. The number of piperidine rings is 1. The minimum absolute atomic E-state index is 0.161. The molecule has 1 atom stereocenters. The van der Waals surface area contributed by atoms with Crippen molar-refractivity contribution in [3.8, 4) is 0 Å². The molecule has 2 heterocycles. The van der Waals surface area contributed by atoms with Crippen LogP contribution in [0.1, 0.15) is 35.8 Å². The number of rotatable bonds is 4. The van der Waals surface area contributed by atoms with Gasteiger partial charge in [0.15, 0.2) is 0 Å². The summed E-state index contributed by atoms with van der Waals surface area (Å²) in [5.74, 6) is 0.330. The fourth-order valence-corrected chi connectivity index (χ4v) is 2.36. The van der Waals surface area contributed by atoms with Gasteiger partial charge < -0.3 is 15.6 Å². The number of amides is 1. The van der Waals surface area contributed by atoms with Gasteiger partial charge >= 0.3 is 0 Å². The minimum Gasteiger partial charge on any atom is -0.352 e. The second-order valence-corrected chi connectivity index (χ2v) is 5.03. The van der Waals surface area contributed by atoms with E-state index in [4.69, 9.17) is 0 Å². The van der Waals surface area contributed by atoms with Crippen LogP contribution in [0.5, 0.6) is 0 Å². The second kappa shape index (κ2) is 6.52. The third kappa shape index (κ3) is 3.92. The molecule has 0 spiro atoms. The van der Waals surface area contributed by atoms with Gasteiger partial charge in [0.2, 0.25) is 5.56 Å². The van der Waals surface area contributed by atoms with E-state index in [1.807, 2.05) is 6.92 Å². The molecule has 1 fully saturated rings. The largest absolute Gasteiger partial charge is 0.352 e. The average Bonchev–Trinajstić information content (AvgIpc) is 2.45. The minimum atomic E-state index is -0.219. The highest BCUT2D eigenvalue weighted by atomic mass is 16.2. The highest BCUT2D eigenvalue weighted by Crippen LogP contribution is 2.08. The van der Waals surface area contributed by atoms with Crippen molar-refractivity contribution in [3.63, 3.8) is 0 Å². The Hall–Kier alpha value is -1.62. The van der Waals surface area contributed by atoms with E-state index in [9.17, 15) is 9.59 Å². The summed E-state index contributed by atoms with van der Waals surface area (Å²) in [6, 6.07) is 3.10. The molecule has 0 saturated carbocycles. The number of aromatic amines is 1. The number of hydrogen-bond acceptors (Lipinski definition) is 3. The van der Waals surface area contributed by atoms with Gasteiger partial charge in [-0.2, -0.15) is 0 Å². The first-order valence-electron chi connectivity index (χ1n) is 6.91. The Labute approximate surface area is 112 Å². The topological polar surface area (TPSA) is 74.0 Å². The summed E-state index contributed by atoms with van der Waals surface area (Å²) in [5.41, 5.74) is 1.02. The Morgan fingerprint density at radius 3 is 3.00 bits per heavy atom. The quantitative estimate of drug-likeness (QED) is 0.747. The normalized spacial score (nSPS) is 19.1. The van der Waals surface area contributed by atoms with Gasteiger partial charge in [-0.25, -0.2) is 0 Å². The van der Waals surface area contributed by atoms with E-state index in [1.165, 1.54) is 6.07 Å². The van der Waals surface area contributed by atoms with E-state index in [0.717, 1.165) is 31.6 Å². The summed E-state index contributed by atoms with van der Waals surface area (Å²) in [7, 11) is 0. The van der Waals surface area contributed by atoms with Gasteiger partial charge in [-0.05, 0) is 44.3 Å². The zero-order valence-electron chi connectivity index (χ0n) is 11.3. The van der Waals surface area contributed by atoms with Crippen molar-refractivity contribution in [1.29, 1.82) is 0 Å². The number of hydrogen-bond donors (Lipinski definition) is 3. The molecule has 1 saturated heterocycles. The molecule has 0 radical (unpaired) electrons. The van der Waals surface area contributed by atoms with Crippen molar-refractivity contribution in [2.75, 3.05) is 19.6 Å². The molecule has 1 amide bonds. The molecule has 2 rings (SSSR count). The molecule has 1 aliphatic heterocycles. The first kappa shape index (κ1) is 13.8. The van der Waals surface area contributed by atoms with Crippen LogP contribution in [0.2, 0.25) is 0 Å². The van der Waals surface area contributed by atoms with Crippen molar-refractivity contribution in [2.45, 2.75) is 26.2 Å². The molecule has 0 aromatic carbocycles. The van der Waals surface area contributed by atoms with E-state index in [2.05, 4.69) is 15.6 Å². The third-order valence-corrected chi connectivity index (χ3v) is 3.49. The number of nitrogens with one attached hydrogen (secondary N) is 3. The van der Waals surface area contributed by atoms with Crippen LogP contribution in [-0.2, 0) is 6.42 Å². The van der Waals surface area contributed by atoms with E-state index in [1.54, 1.807) is 6.07 Å².